The number of phenolic OH excluding ortho intramolecular Hbond substituents is 2. The van der Waals surface area contributed by atoms with Crippen LogP contribution in [0.3, 0.4) is 0 Å². The molecule has 0 aliphatic carbocycles. The van der Waals surface area contributed by atoms with Gasteiger partial charge in [0.25, 0.3) is 0 Å². The van der Waals surface area contributed by atoms with Gasteiger partial charge in [-0.25, -0.2) is 0 Å². The van der Waals surface area contributed by atoms with Crippen molar-refractivity contribution in [3.63, 3.8) is 0 Å². The summed E-state index contributed by atoms with van der Waals surface area (Å²) in [6.07, 6.45) is 0. The van der Waals surface area contributed by atoms with Crippen LogP contribution in [0.5, 0.6) is 11.5 Å². The summed E-state index contributed by atoms with van der Waals surface area (Å²) in [5, 5.41) is 28.5. The predicted octanol–water partition coefficient (Wildman–Crippen LogP) is 4.01. The van der Waals surface area contributed by atoms with Gasteiger partial charge >= 0.3 is 5.97 Å². The number of aliphatic carboxylic acids is 1. The Morgan fingerprint density at radius 3 is 1.64 bits per heavy atom. The molecule has 0 unspecified atom stereocenters. The largest absolute Gasteiger partial charge is 0.508 e. The molecule has 0 aliphatic heterocycles. The molecule has 2 aromatic rings. The molecular weight excluding hydrogens is 320 g/mol. The quantitative estimate of drug-likeness (QED) is 0.566. The van der Waals surface area contributed by atoms with E-state index in [-0.39, 0.29) is 11.5 Å². The van der Waals surface area contributed by atoms with Gasteiger partial charge in [0.05, 0.1) is 0 Å². The van der Waals surface area contributed by atoms with E-state index in [1.807, 2.05) is 0 Å². The Morgan fingerprint density at radius 1 is 0.909 bits per heavy atom. The Balaban J connectivity index is 2.17. The average molecular weight is 336 g/mol. The van der Waals surface area contributed by atoms with Gasteiger partial charge in [-0.05, 0) is 61.4 Å². The van der Waals surface area contributed by atoms with E-state index in [0.717, 1.165) is 9.79 Å². The van der Waals surface area contributed by atoms with Crippen LogP contribution in [-0.2, 0) is 4.79 Å². The van der Waals surface area contributed by atoms with Gasteiger partial charge in [0.15, 0.2) is 4.58 Å². The highest BCUT2D eigenvalue weighted by Crippen LogP contribution is 2.38. The fourth-order valence-corrected chi connectivity index (χ4v) is 4.11. The Hall–Kier alpha value is -1.79. The summed E-state index contributed by atoms with van der Waals surface area (Å²) >= 11 is 2.43. The first kappa shape index (κ1) is 16.6. The molecule has 0 heterocycles. The molecule has 3 N–H and O–H groups in total. The summed E-state index contributed by atoms with van der Waals surface area (Å²) in [6, 6.07) is 10.0. The first-order chi connectivity index (χ1) is 10.4. The molecule has 0 aromatic heterocycles. The van der Waals surface area contributed by atoms with Gasteiger partial charge in [-0.2, -0.15) is 0 Å². The van der Waals surface area contributed by atoms with Crippen LogP contribution in [0.2, 0.25) is 0 Å². The molecule has 22 heavy (non-hydrogen) atoms. The number of aryl methyl sites for hydroxylation is 2. The Morgan fingerprint density at radius 2 is 1.32 bits per heavy atom. The van der Waals surface area contributed by atoms with Crippen molar-refractivity contribution in [2.24, 2.45) is 0 Å². The van der Waals surface area contributed by atoms with Crippen molar-refractivity contribution < 1.29 is 20.1 Å². The molecule has 6 heteroatoms. The average Bonchev–Trinajstić information content (AvgIpc) is 2.46. The molecule has 0 aliphatic rings. The number of carbonyl (C=O) groups is 1. The SMILES string of the molecule is Cc1cc(SC(Sc2ccc(O)c(C)c2)C(=O)O)ccc1O. The van der Waals surface area contributed by atoms with E-state index in [1.54, 1.807) is 50.2 Å². The van der Waals surface area contributed by atoms with E-state index in [9.17, 15) is 20.1 Å². The minimum absolute atomic E-state index is 0.193. The molecule has 0 atom stereocenters. The van der Waals surface area contributed by atoms with Crippen LogP contribution in [0.25, 0.3) is 0 Å². The van der Waals surface area contributed by atoms with Crippen LogP contribution in [0, 0.1) is 13.8 Å². The standard InChI is InChI=1S/C16H16O4S2/c1-9-7-11(3-5-13(9)17)21-16(15(19)20)22-12-4-6-14(18)10(2)8-12/h3-8,16-18H,1-2H3,(H,19,20). The lowest BCUT2D eigenvalue weighted by Gasteiger charge is -2.13. The number of hydrogen-bond acceptors (Lipinski definition) is 5. The van der Waals surface area contributed by atoms with Crippen LogP contribution in [0.15, 0.2) is 46.2 Å². The van der Waals surface area contributed by atoms with Crippen LogP contribution < -0.4 is 0 Å². The zero-order valence-electron chi connectivity index (χ0n) is 12.1. The molecule has 0 fully saturated rings. The Kier molecular flexibility index (Phi) is 5.26. The number of carboxylic acids is 1. The third-order valence-corrected chi connectivity index (χ3v) is 5.49. The van der Waals surface area contributed by atoms with Crippen LogP contribution in [0.1, 0.15) is 11.1 Å². The van der Waals surface area contributed by atoms with Gasteiger partial charge in [0.1, 0.15) is 11.5 Å². The maximum absolute atomic E-state index is 11.5. The number of rotatable bonds is 5. The van der Waals surface area contributed by atoms with E-state index >= 15 is 0 Å². The van der Waals surface area contributed by atoms with Crippen LogP contribution in [0.4, 0.5) is 0 Å². The van der Waals surface area contributed by atoms with E-state index in [2.05, 4.69) is 0 Å². The van der Waals surface area contributed by atoms with E-state index < -0.39 is 10.6 Å². The van der Waals surface area contributed by atoms with Crippen molar-refractivity contribution in [3.05, 3.63) is 47.5 Å². The minimum Gasteiger partial charge on any atom is -0.508 e. The fraction of sp³-hybridized carbons (Fsp3) is 0.188. The summed E-state index contributed by atoms with van der Waals surface area (Å²) in [4.78, 5) is 13.0. The van der Waals surface area contributed by atoms with Crippen molar-refractivity contribution in [1.82, 2.24) is 0 Å². The highest BCUT2D eigenvalue weighted by molar-refractivity contribution is 8.18. The van der Waals surface area contributed by atoms with Gasteiger partial charge in [0, 0.05) is 9.79 Å². The Bertz CT molecular complexity index is 647. The van der Waals surface area contributed by atoms with Crippen molar-refractivity contribution in [2.75, 3.05) is 0 Å². The monoisotopic (exact) mass is 336 g/mol. The lowest BCUT2D eigenvalue weighted by Crippen LogP contribution is -2.11. The number of phenols is 2. The maximum atomic E-state index is 11.5. The number of carboxylic acid groups (broad SMARTS) is 1. The third kappa shape index (κ3) is 4.11. The van der Waals surface area contributed by atoms with E-state index in [1.165, 1.54) is 23.5 Å². The molecule has 4 nitrogen and oxygen atoms in total. The predicted molar refractivity (Wildman–Crippen MR) is 88.8 cm³/mol. The zero-order valence-corrected chi connectivity index (χ0v) is 13.7. The molecule has 0 radical (unpaired) electrons. The van der Waals surface area contributed by atoms with E-state index in [4.69, 9.17) is 0 Å². The second kappa shape index (κ2) is 6.98. The van der Waals surface area contributed by atoms with Crippen molar-refractivity contribution in [1.29, 1.82) is 0 Å². The molecule has 0 spiro atoms. The number of benzene rings is 2. The summed E-state index contributed by atoms with van der Waals surface area (Å²) in [6.45, 7) is 3.54. The van der Waals surface area contributed by atoms with Gasteiger partial charge < -0.3 is 15.3 Å². The van der Waals surface area contributed by atoms with Crippen LogP contribution >= 0.6 is 23.5 Å². The fourth-order valence-electron chi connectivity index (χ4n) is 1.77. The van der Waals surface area contributed by atoms with Gasteiger partial charge in [0.2, 0.25) is 0 Å². The highest BCUT2D eigenvalue weighted by atomic mass is 32.2. The number of thioether (sulfide) groups is 2. The van der Waals surface area contributed by atoms with Gasteiger partial charge in [-0.15, -0.1) is 0 Å². The molecule has 0 saturated heterocycles. The van der Waals surface area contributed by atoms with Crippen LogP contribution in [-0.4, -0.2) is 25.9 Å². The topological polar surface area (TPSA) is 77.8 Å². The molecule has 0 saturated carbocycles. The Labute approximate surface area is 137 Å². The normalized spacial score (nSPS) is 10.9. The summed E-state index contributed by atoms with van der Waals surface area (Å²) in [5.41, 5.74) is 1.42. The lowest BCUT2D eigenvalue weighted by atomic mass is 10.2. The summed E-state index contributed by atoms with van der Waals surface area (Å²) in [5.74, 6) is -0.539. The summed E-state index contributed by atoms with van der Waals surface area (Å²) < 4.78 is -0.715. The second-order valence-corrected chi connectivity index (χ2v) is 7.46. The molecule has 0 bridgehead atoms. The minimum atomic E-state index is -0.925. The first-order valence-corrected chi connectivity index (χ1v) is 8.28. The lowest BCUT2D eigenvalue weighted by molar-refractivity contribution is -0.134. The van der Waals surface area contributed by atoms with Crippen molar-refractivity contribution >= 4 is 29.5 Å². The second-order valence-electron chi connectivity index (χ2n) is 4.80. The van der Waals surface area contributed by atoms with Crippen molar-refractivity contribution in [3.8, 4) is 11.5 Å². The number of aromatic hydroxyl groups is 2. The molecular formula is C16H16O4S2. The highest BCUT2D eigenvalue weighted by Gasteiger charge is 2.21. The smallest absolute Gasteiger partial charge is 0.327 e. The molecule has 2 aromatic carbocycles. The maximum Gasteiger partial charge on any atom is 0.327 e. The first-order valence-electron chi connectivity index (χ1n) is 6.52. The number of hydrogen-bond donors (Lipinski definition) is 3. The molecule has 0 amide bonds. The van der Waals surface area contributed by atoms with Gasteiger partial charge in [-0.1, -0.05) is 23.5 Å². The van der Waals surface area contributed by atoms with E-state index in [0.29, 0.717) is 11.1 Å². The zero-order chi connectivity index (χ0) is 16.3. The van der Waals surface area contributed by atoms with Gasteiger partial charge in [-0.3, -0.25) is 4.79 Å². The third-order valence-electron chi connectivity index (χ3n) is 3.02. The summed E-state index contributed by atoms with van der Waals surface area (Å²) in [7, 11) is 0. The van der Waals surface area contributed by atoms with Crippen molar-refractivity contribution in [2.45, 2.75) is 28.2 Å². The molecule has 116 valence electrons. The molecule has 2 rings (SSSR count).